The zero-order valence-electron chi connectivity index (χ0n) is 16.1. The van der Waals surface area contributed by atoms with Crippen molar-refractivity contribution in [3.63, 3.8) is 0 Å². The Hall–Kier alpha value is -2.60. The number of carbonyl (C=O) groups is 1. The first-order valence-electron chi connectivity index (χ1n) is 9.66. The van der Waals surface area contributed by atoms with Gasteiger partial charge in [0.1, 0.15) is 0 Å². The zero-order chi connectivity index (χ0) is 18.8. The van der Waals surface area contributed by atoms with E-state index in [-0.39, 0.29) is 11.8 Å². The van der Waals surface area contributed by atoms with Crippen molar-refractivity contribution in [2.24, 2.45) is 5.92 Å². The van der Waals surface area contributed by atoms with E-state index in [9.17, 15) is 4.79 Å². The molecular formula is C21H27N5O. The van der Waals surface area contributed by atoms with Gasteiger partial charge in [-0.05, 0) is 51.2 Å². The summed E-state index contributed by atoms with van der Waals surface area (Å²) in [4.78, 5) is 21.7. The number of benzene rings is 1. The number of piperidine rings is 1. The summed E-state index contributed by atoms with van der Waals surface area (Å²) in [6.45, 7) is 3.30. The molecule has 0 radical (unpaired) electrons. The minimum absolute atomic E-state index is 0.103. The smallest absolute Gasteiger partial charge is 0.223 e. The molecule has 6 heteroatoms. The largest absolute Gasteiger partial charge is 0.355 e. The van der Waals surface area contributed by atoms with Crippen molar-refractivity contribution >= 4 is 28.3 Å². The van der Waals surface area contributed by atoms with Crippen LogP contribution in [0, 0.1) is 5.92 Å². The van der Waals surface area contributed by atoms with E-state index in [0.29, 0.717) is 6.54 Å². The summed E-state index contributed by atoms with van der Waals surface area (Å²) in [5.74, 6) is 1.31. The number of fused-ring (bicyclic) bond motifs is 3. The van der Waals surface area contributed by atoms with Crippen LogP contribution in [0.25, 0.3) is 16.6 Å². The SMILES string of the molecule is CN(C)CCNC(=O)C1CCN(c2nc3ccccc3n3cccc23)CC1. The standard InChI is InChI=1S/C21H27N5O/c1-24(2)15-11-22-21(27)16-9-13-25(14-10-16)20-19-8-5-12-26(19)18-7-4-3-6-17(18)23-20/h3-8,12,16H,9-11,13-15H2,1-2H3,(H,22,27). The van der Waals surface area contributed by atoms with Gasteiger partial charge < -0.3 is 19.5 Å². The Morgan fingerprint density at radius 3 is 2.67 bits per heavy atom. The van der Waals surface area contributed by atoms with E-state index >= 15 is 0 Å². The molecule has 1 fully saturated rings. The lowest BCUT2D eigenvalue weighted by atomic mass is 9.96. The highest BCUT2D eigenvalue weighted by Gasteiger charge is 2.26. The van der Waals surface area contributed by atoms with Gasteiger partial charge in [0, 0.05) is 38.3 Å². The second-order valence-electron chi connectivity index (χ2n) is 7.54. The Morgan fingerprint density at radius 1 is 1.15 bits per heavy atom. The average Bonchev–Trinajstić information content (AvgIpc) is 3.17. The number of aromatic nitrogens is 2. The number of hydrogen-bond acceptors (Lipinski definition) is 4. The summed E-state index contributed by atoms with van der Waals surface area (Å²) < 4.78 is 2.21. The highest BCUT2D eigenvalue weighted by molar-refractivity contribution is 5.85. The third kappa shape index (κ3) is 3.62. The maximum atomic E-state index is 12.4. The quantitative estimate of drug-likeness (QED) is 0.754. The van der Waals surface area contributed by atoms with Gasteiger partial charge in [0.05, 0.1) is 16.6 Å². The molecule has 1 N–H and O–H groups in total. The van der Waals surface area contributed by atoms with E-state index in [4.69, 9.17) is 4.98 Å². The molecule has 0 atom stereocenters. The van der Waals surface area contributed by atoms with Crippen molar-refractivity contribution in [1.29, 1.82) is 0 Å². The Balaban J connectivity index is 1.48. The maximum Gasteiger partial charge on any atom is 0.223 e. The molecule has 0 aliphatic carbocycles. The molecule has 0 unspecified atom stereocenters. The van der Waals surface area contributed by atoms with Crippen LogP contribution in [0.5, 0.6) is 0 Å². The maximum absolute atomic E-state index is 12.4. The van der Waals surface area contributed by atoms with Gasteiger partial charge in [-0.3, -0.25) is 4.79 Å². The molecule has 27 heavy (non-hydrogen) atoms. The van der Waals surface area contributed by atoms with Gasteiger partial charge in [0.15, 0.2) is 5.82 Å². The molecule has 0 saturated carbocycles. The third-order valence-corrected chi connectivity index (χ3v) is 5.37. The monoisotopic (exact) mass is 365 g/mol. The van der Waals surface area contributed by atoms with Crippen LogP contribution >= 0.6 is 0 Å². The van der Waals surface area contributed by atoms with Crippen molar-refractivity contribution in [2.75, 3.05) is 45.2 Å². The van der Waals surface area contributed by atoms with Crippen molar-refractivity contribution in [3.05, 3.63) is 42.6 Å². The van der Waals surface area contributed by atoms with Crippen LogP contribution in [0.4, 0.5) is 5.82 Å². The van der Waals surface area contributed by atoms with E-state index in [2.05, 4.69) is 50.0 Å². The average molecular weight is 365 g/mol. The van der Waals surface area contributed by atoms with E-state index < -0.39 is 0 Å². The van der Waals surface area contributed by atoms with Gasteiger partial charge in [-0.25, -0.2) is 4.98 Å². The third-order valence-electron chi connectivity index (χ3n) is 5.37. The van der Waals surface area contributed by atoms with Gasteiger partial charge in [-0.1, -0.05) is 12.1 Å². The van der Waals surface area contributed by atoms with E-state index in [1.807, 2.05) is 26.2 Å². The molecule has 3 aromatic rings. The first-order chi connectivity index (χ1) is 13.1. The fourth-order valence-corrected chi connectivity index (χ4v) is 3.84. The van der Waals surface area contributed by atoms with Crippen molar-refractivity contribution in [2.45, 2.75) is 12.8 Å². The number of rotatable bonds is 5. The first-order valence-corrected chi connectivity index (χ1v) is 9.66. The number of likely N-dealkylation sites (N-methyl/N-ethyl adjacent to an activating group) is 1. The second-order valence-corrected chi connectivity index (χ2v) is 7.54. The van der Waals surface area contributed by atoms with Crippen LogP contribution in [-0.4, -0.2) is 60.5 Å². The van der Waals surface area contributed by atoms with Crippen LogP contribution < -0.4 is 10.2 Å². The van der Waals surface area contributed by atoms with Crippen molar-refractivity contribution in [1.82, 2.24) is 19.6 Å². The predicted octanol–water partition coefficient (Wildman–Crippen LogP) is 2.38. The predicted molar refractivity (Wildman–Crippen MR) is 109 cm³/mol. The van der Waals surface area contributed by atoms with Crippen LogP contribution in [0.2, 0.25) is 0 Å². The molecule has 1 saturated heterocycles. The van der Waals surface area contributed by atoms with Gasteiger partial charge >= 0.3 is 0 Å². The summed E-state index contributed by atoms with van der Waals surface area (Å²) in [5, 5.41) is 3.07. The molecule has 0 spiro atoms. The summed E-state index contributed by atoms with van der Waals surface area (Å²) >= 11 is 0. The molecule has 6 nitrogen and oxygen atoms in total. The highest BCUT2D eigenvalue weighted by atomic mass is 16.1. The molecule has 1 aliphatic heterocycles. The van der Waals surface area contributed by atoms with E-state index in [0.717, 1.165) is 54.8 Å². The zero-order valence-corrected chi connectivity index (χ0v) is 16.1. The molecule has 142 valence electrons. The lowest BCUT2D eigenvalue weighted by Gasteiger charge is -2.32. The number of nitrogens with one attached hydrogen (secondary N) is 1. The molecule has 1 amide bonds. The number of nitrogens with zero attached hydrogens (tertiary/aromatic N) is 4. The van der Waals surface area contributed by atoms with Crippen molar-refractivity contribution in [3.8, 4) is 0 Å². The van der Waals surface area contributed by atoms with E-state index in [1.165, 1.54) is 0 Å². The van der Waals surface area contributed by atoms with Gasteiger partial charge in [-0.2, -0.15) is 0 Å². The van der Waals surface area contributed by atoms with E-state index in [1.54, 1.807) is 0 Å². The number of hydrogen-bond donors (Lipinski definition) is 1. The summed E-state index contributed by atoms with van der Waals surface area (Å²) in [5.41, 5.74) is 3.25. The molecule has 1 aliphatic rings. The minimum Gasteiger partial charge on any atom is -0.355 e. The summed E-state index contributed by atoms with van der Waals surface area (Å²) in [6, 6.07) is 12.4. The minimum atomic E-state index is 0.103. The topological polar surface area (TPSA) is 52.9 Å². The fraction of sp³-hybridized carbons (Fsp3) is 0.429. The molecule has 2 aromatic heterocycles. The van der Waals surface area contributed by atoms with Gasteiger partial charge in [0.25, 0.3) is 0 Å². The van der Waals surface area contributed by atoms with Crippen LogP contribution in [0.15, 0.2) is 42.6 Å². The number of amides is 1. The molecule has 3 heterocycles. The lowest BCUT2D eigenvalue weighted by molar-refractivity contribution is -0.125. The van der Waals surface area contributed by atoms with Gasteiger partial charge in [0.2, 0.25) is 5.91 Å². The Morgan fingerprint density at radius 2 is 1.89 bits per heavy atom. The molecule has 4 rings (SSSR count). The van der Waals surface area contributed by atoms with Crippen LogP contribution in [0.3, 0.4) is 0 Å². The fourth-order valence-electron chi connectivity index (χ4n) is 3.84. The van der Waals surface area contributed by atoms with Crippen LogP contribution in [0.1, 0.15) is 12.8 Å². The Labute approximate surface area is 159 Å². The molecule has 0 bridgehead atoms. The Bertz CT molecular complexity index is 940. The number of carbonyl (C=O) groups excluding carboxylic acids is 1. The highest BCUT2D eigenvalue weighted by Crippen LogP contribution is 2.28. The number of anilines is 1. The lowest BCUT2D eigenvalue weighted by Crippen LogP contribution is -2.42. The molecule has 1 aromatic carbocycles. The normalized spacial score (nSPS) is 15.7. The van der Waals surface area contributed by atoms with Gasteiger partial charge in [-0.15, -0.1) is 0 Å². The first kappa shape index (κ1) is 17.8. The van der Waals surface area contributed by atoms with Crippen LogP contribution in [-0.2, 0) is 4.79 Å². The summed E-state index contributed by atoms with van der Waals surface area (Å²) in [7, 11) is 4.03. The second kappa shape index (κ2) is 7.56. The molecular weight excluding hydrogens is 338 g/mol. The van der Waals surface area contributed by atoms with Crippen molar-refractivity contribution < 1.29 is 4.79 Å². The summed E-state index contributed by atoms with van der Waals surface area (Å²) in [6.07, 6.45) is 3.83. The Kier molecular flexibility index (Phi) is 4.99. The number of para-hydroxylation sites is 2.